The SMILES string of the molecule is CC(C)(C)OC(=O)N1CCC(CNC(=O)COc2ccccc2)CC1. The normalized spacial score (nSPS) is 15.6. The maximum Gasteiger partial charge on any atom is 0.410 e. The predicted molar refractivity (Wildman–Crippen MR) is 95.5 cm³/mol. The van der Waals surface area contributed by atoms with E-state index in [0.717, 1.165) is 12.8 Å². The average Bonchev–Trinajstić information content (AvgIpc) is 2.58. The van der Waals surface area contributed by atoms with E-state index in [1.54, 1.807) is 4.90 Å². The van der Waals surface area contributed by atoms with Crippen molar-refractivity contribution in [2.75, 3.05) is 26.2 Å². The number of carbonyl (C=O) groups excluding carboxylic acids is 2. The molecule has 1 aliphatic heterocycles. The van der Waals surface area contributed by atoms with Gasteiger partial charge in [-0.25, -0.2) is 4.79 Å². The zero-order valence-electron chi connectivity index (χ0n) is 15.3. The highest BCUT2D eigenvalue weighted by Crippen LogP contribution is 2.19. The van der Waals surface area contributed by atoms with Crippen molar-refractivity contribution >= 4 is 12.0 Å². The lowest BCUT2D eigenvalue weighted by Crippen LogP contribution is -2.44. The number of likely N-dealkylation sites (tertiary alicyclic amines) is 1. The molecule has 25 heavy (non-hydrogen) atoms. The van der Waals surface area contributed by atoms with Crippen molar-refractivity contribution in [3.8, 4) is 5.75 Å². The van der Waals surface area contributed by atoms with Crippen molar-refractivity contribution in [2.45, 2.75) is 39.2 Å². The average molecular weight is 348 g/mol. The second kappa shape index (κ2) is 8.74. The van der Waals surface area contributed by atoms with Crippen LogP contribution in [0.25, 0.3) is 0 Å². The first kappa shape index (κ1) is 19.1. The molecule has 0 atom stereocenters. The lowest BCUT2D eigenvalue weighted by atomic mass is 9.97. The molecule has 1 heterocycles. The number of hydrogen-bond acceptors (Lipinski definition) is 4. The molecule has 2 rings (SSSR count). The van der Waals surface area contributed by atoms with Crippen LogP contribution in [-0.2, 0) is 9.53 Å². The summed E-state index contributed by atoms with van der Waals surface area (Å²) in [6, 6.07) is 9.27. The minimum Gasteiger partial charge on any atom is -0.484 e. The predicted octanol–water partition coefficient (Wildman–Crippen LogP) is 2.83. The van der Waals surface area contributed by atoms with Crippen molar-refractivity contribution < 1.29 is 19.1 Å². The standard InChI is InChI=1S/C19H28N2O4/c1-19(2,3)25-18(23)21-11-9-15(10-12-21)13-20-17(22)14-24-16-7-5-4-6-8-16/h4-8,15H,9-14H2,1-3H3,(H,20,22). The van der Waals surface area contributed by atoms with E-state index in [0.29, 0.717) is 31.3 Å². The van der Waals surface area contributed by atoms with Crippen LogP contribution in [0.2, 0.25) is 0 Å². The van der Waals surface area contributed by atoms with Crippen molar-refractivity contribution in [1.82, 2.24) is 10.2 Å². The Bertz CT molecular complexity index is 561. The van der Waals surface area contributed by atoms with Crippen LogP contribution < -0.4 is 10.1 Å². The molecule has 0 aliphatic carbocycles. The Morgan fingerprint density at radius 3 is 2.40 bits per heavy atom. The van der Waals surface area contributed by atoms with Crippen LogP contribution in [0.1, 0.15) is 33.6 Å². The molecule has 1 fully saturated rings. The molecule has 0 aromatic heterocycles. The molecule has 138 valence electrons. The van der Waals surface area contributed by atoms with Gasteiger partial charge in [0.1, 0.15) is 11.4 Å². The summed E-state index contributed by atoms with van der Waals surface area (Å²) in [7, 11) is 0. The van der Waals surface area contributed by atoms with Crippen LogP contribution in [0.5, 0.6) is 5.75 Å². The Balaban J connectivity index is 1.63. The fraction of sp³-hybridized carbons (Fsp3) is 0.579. The summed E-state index contributed by atoms with van der Waals surface area (Å²) < 4.78 is 10.8. The van der Waals surface area contributed by atoms with Crippen molar-refractivity contribution in [1.29, 1.82) is 0 Å². The van der Waals surface area contributed by atoms with Gasteiger partial charge in [0.15, 0.2) is 6.61 Å². The molecule has 0 radical (unpaired) electrons. The first-order valence-corrected chi connectivity index (χ1v) is 8.76. The number of amides is 2. The molecule has 0 spiro atoms. The van der Waals surface area contributed by atoms with E-state index in [-0.39, 0.29) is 18.6 Å². The van der Waals surface area contributed by atoms with Gasteiger partial charge in [-0.1, -0.05) is 18.2 Å². The second-order valence-electron chi connectivity index (χ2n) is 7.32. The van der Waals surface area contributed by atoms with Crippen LogP contribution >= 0.6 is 0 Å². The summed E-state index contributed by atoms with van der Waals surface area (Å²) in [6.07, 6.45) is 1.46. The largest absolute Gasteiger partial charge is 0.484 e. The molecule has 1 aromatic rings. The number of hydrogen-bond donors (Lipinski definition) is 1. The molecule has 1 aliphatic rings. The van der Waals surface area contributed by atoms with E-state index in [1.807, 2.05) is 51.1 Å². The highest BCUT2D eigenvalue weighted by atomic mass is 16.6. The van der Waals surface area contributed by atoms with Gasteiger partial charge < -0.3 is 19.7 Å². The van der Waals surface area contributed by atoms with Crippen LogP contribution in [0.4, 0.5) is 4.79 Å². The Morgan fingerprint density at radius 2 is 1.80 bits per heavy atom. The van der Waals surface area contributed by atoms with E-state index in [2.05, 4.69) is 5.32 Å². The van der Waals surface area contributed by atoms with Crippen LogP contribution in [0, 0.1) is 5.92 Å². The highest BCUT2D eigenvalue weighted by molar-refractivity contribution is 5.77. The fourth-order valence-electron chi connectivity index (χ4n) is 2.62. The summed E-state index contributed by atoms with van der Waals surface area (Å²) in [4.78, 5) is 25.6. The minimum atomic E-state index is -0.472. The van der Waals surface area contributed by atoms with Crippen molar-refractivity contribution in [3.05, 3.63) is 30.3 Å². The molecular weight excluding hydrogens is 320 g/mol. The lowest BCUT2D eigenvalue weighted by molar-refractivity contribution is -0.123. The topological polar surface area (TPSA) is 67.9 Å². The van der Waals surface area contributed by atoms with E-state index in [4.69, 9.17) is 9.47 Å². The summed E-state index contributed by atoms with van der Waals surface area (Å²) in [6.45, 7) is 7.55. The smallest absolute Gasteiger partial charge is 0.410 e. The Kier molecular flexibility index (Phi) is 6.67. The van der Waals surface area contributed by atoms with Crippen molar-refractivity contribution in [2.24, 2.45) is 5.92 Å². The summed E-state index contributed by atoms with van der Waals surface area (Å²) in [5.41, 5.74) is -0.472. The van der Waals surface area contributed by atoms with Gasteiger partial charge in [-0.05, 0) is 51.7 Å². The first-order valence-electron chi connectivity index (χ1n) is 8.76. The molecule has 2 amide bonds. The Hall–Kier alpha value is -2.24. The number of piperidine rings is 1. The molecular formula is C19H28N2O4. The number of ether oxygens (including phenoxy) is 2. The van der Waals surface area contributed by atoms with Gasteiger partial charge in [-0.2, -0.15) is 0 Å². The number of nitrogens with one attached hydrogen (secondary N) is 1. The van der Waals surface area contributed by atoms with Crippen LogP contribution in [0.15, 0.2) is 30.3 Å². The summed E-state index contributed by atoms with van der Waals surface area (Å²) >= 11 is 0. The van der Waals surface area contributed by atoms with Gasteiger partial charge >= 0.3 is 6.09 Å². The van der Waals surface area contributed by atoms with E-state index >= 15 is 0 Å². The van der Waals surface area contributed by atoms with Gasteiger partial charge in [0.2, 0.25) is 0 Å². The lowest BCUT2D eigenvalue weighted by Gasteiger charge is -2.33. The molecule has 0 unspecified atom stereocenters. The number of benzene rings is 1. The monoisotopic (exact) mass is 348 g/mol. The molecule has 1 saturated heterocycles. The molecule has 6 nitrogen and oxygen atoms in total. The second-order valence-corrected chi connectivity index (χ2v) is 7.32. The van der Waals surface area contributed by atoms with Gasteiger partial charge in [-0.3, -0.25) is 4.79 Å². The van der Waals surface area contributed by atoms with Gasteiger partial charge in [0.05, 0.1) is 0 Å². The molecule has 0 saturated carbocycles. The van der Waals surface area contributed by atoms with Gasteiger partial charge in [-0.15, -0.1) is 0 Å². The van der Waals surface area contributed by atoms with Gasteiger partial charge in [0.25, 0.3) is 5.91 Å². The summed E-state index contributed by atoms with van der Waals surface area (Å²) in [5.74, 6) is 0.932. The fourth-order valence-corrected chi connectivity index (χ4v) is 2.62. The third-order valence-electron chi connectivity index (χ3n) is 3.97. The van der Waals surface area contributed by atoms with Crippen LogP contribution in [-0.4, -0.2) is 48.7 Å². The molecule has 1 N–H and O–H groups in total. The van der Waals surface area contributed by atoms with Gasteiger partial charge in [0, 0.05) is 19.6 Å². The zero-order valence-corrected chi connectivity index (χ0v) is 15.3. The maximum absolute atomic E-state index is 12.0. The Labute approximate surface area is 149 Å². The number of para-hydroxylation sites is 1. The van der Waals surface area contributed by atoms with Crippen molar-refractivity contribution in [3.63, 3.8) is 0 Å². The van der Waals surface area contributed by atoms with E-state index in [9.17, 15) is 9.59 Å². The van der Waals surface area contributed by atoms with Crippen LogP contribution in [0.3, 0.4) is 0 Å². The quantitative estimate of drug-likeness (QED) is 0.888. The first-order chi connectivity index (χ1) is 11.8. The third kappa shape index (κ3) is 7.03. The minimum absolute atomic E-state index is 0.0146. The highest BCUT2D eigenvalue weighted by Gasteiger charge is 2.26. The summed E-state index contributed by atoms with van der Waals surface area (Å²) in [5, 5.41) is 2.91. The number of carbonyl (C=O) groups is 2. The van der Waals surface area contributed by atoms with E-state index < -0.39 is 5.60 Å². The maximum atomic E-state index is 12.0. The molecule has 1 aromatic carbocycles. The Morgan fingerprint density at radius 1 is 1.16 bits per heavy atom. The molecule has 0 bridgehead atoms. The number of rotatable bonds is 5. The number of nitrogens with zero attached hydrogens (tertiary/aromatic N) is 1. The zero-order chi connectivity index (χ0) is 18.3. The molecule has 6 heteroatoms. The third-order valence-corrected chi connectivity index (χ3v) is 3.97. The van der Waals surface area contributed by atoms with E-state index in [1.165, 1.54) is 0 Å².